The van der Waals surface area contributed by atoms with Gasteiger partial charge in [0.2, 0.25) is 0 Å². The number of hydrogen-bond acceptors (Lipinski definition) is 2. The highest BCUT2D eigenvalue weighted by molar-refractivity contribution is 5.81. The van der Waals surface area contributed by atoms with Gasteiger partial charge in [-0.2, -0.15) is 5.10 Å². The summed E-state index contributed by atoms with van der Waals surface area (Å²) >= 11 is 0. The lowest BCUT2D eigenvalue weighted by molar-refractivity contribution is 0.521. The Hall–Kier alpha value is -1.32. The molecule has 0 aromatic carbocycles. The van der Waals surface area contributed by atoms with Crippen molar-refractivity contribution in [3.8, 4) is 0 Å². The summed E-state index contributed by atoms with van der Waals surface area (Å²) < 4.78 is 1.90. The van der Waals surface area contributed by atoms with Crippen molar-refractivity contribution < 1.29 is 0 Å². The predicted molar refractivity (Wildman–Crippen MR) is 62.2 cm³/mol. The first-order valence-electron chi connectivity index (χ1n) is 5.55. The quantitative estimate of drug-likeness (QED) is 0.573. The molecule has 0 aliphatic rings. The molecule has 3 N–H and O–H groups in total. The number of nitrogens with zero attached hydrogens (tertiary/aromatic N) is 2. The summed E-state index contributed by atoms with van der Waals surface area (Å²) in [7, 11) is 0. The van der Waals surface area contributed by atoms with Crippen LogP contribution in [0.4, 0.5) is 0 Å². The van der Waals surface area contributed by atoms with E-state index in [9.17, 15) is 0 Å². The van der Waals surface area contributed by atoms with Gasteiger partial charge in [0.25, 0.3) is 0 Å². The van der Waals surface area contributed by atoms with Gasteiger partial charge in [-0.1, -0.05) is 20.8 Å². The minimum absolute atomic E-state index is 0.0831. The van der Waals surface area contributed by atoms with E-state index in [4.69, 9.17) is 11.1 Å². The molecule has 0 amide bonds. The van der Waals surface area contributed by atoms with Gasteiger partial charge in [-0.3, -0.25) is 10.1 Å². The smallest absolute Gasteiger partial charge is 0.116 e. The number of hydrogen-bond donors (Lipinski definition) is 2. The zero-order valence-electron chi connectivity index (χ0n) is 9.75. The van der Waals surface area contributed by atoms with Gasteiger partial charge in [-0.05, 0) is 25.3 Å². The molecule has 1 unspecified atom stereocenters. The molecule has 0 saturated heterocycles. The number of nitrogens with one attached hydrogen (secondary N) is 1. The average Bonchev–Trinajstić information content (AvgIpc) is 2.61. The minimum Gasteiger partial charge on any atom is -0.386 e. The minimum atomic E-state index is -0.0831. The second-order valence-corrected chi connectivity index (χ2v) is 3.66. The third kappa shape index (κ3) is 2.37. The van der Waals surface area contributed by atoms with E-state index in [2.05, 4.69) is 25.0 Å². The lowest BCUT2D eigenvalue weighted by Gasteiger charge is -2.16. The van der Waals surface area contributed by atoms with Crippen molar-refractivity contribution >= 4 is 5.84 Å². The van der Waals surface area contributed by atoms with Crippen LogP contribution in [0.1, 0.15) is 44.6 Å². The van der Waals surface area contributed by atoms with Gasteiger partial charge >= 0.3 is 0 Å². The van der Waals surface area contributed by atoms with E-state index in [0.717, 1.165) is 30.7 Å². The molecule has 4 nitrogen and oxygen atoms in total. The third-order valence-corrected chi connectivity index (χ3v) is 2.63. The fraction of sp³-hybridized carbons (Fsp3) is 0.636. The molecular weight excluding hydrogens is 188 g/mol. The lowest BCUT2D eigenvalue weighted by Crippen LogP contribution is -2.27. The van der Waals surface area contributed by atoms with E-state index in [1.54, 1.807) is 0 Å². The largest absolute Gasteiger partial charge is 0.386 e. The van der Waals surface area contributed by atoms with Crippen LogP contribution in [-0.4, -0.2) is 15.6 Å². The highest BCUT2D eigenvalue weighted by atomic mass is 15.3. The van der Waals surface area contributed by atoms with Crippen molar-refractivity contribution in [2.75, 3.05) is 0 Å². The zero-order chi connectivity index (χ0) is 11.4. The maximum Gasteiger partial charge on any atom is 0.116 e. The number of nitrogens with two attached hydrogens (primary N) is 1. The molecule has 0 fully saturated rings. The van der Waals surface area contributed by atoms with Gasteiger partial charge in [-0.25, -0.2) is 0 Å². The zero-order valence-corrected chi connectivity index (χ0v) is 9.75. The molecule has 1 aromatic heterocycles. The Kier molecular flexibility index (Phi) is 3.88. The topological polar surface area (TPSA) is 67.7 Å². The second-order valence-electron chi connectivity index (χ2n) is 3.66. The highest BCUT2D eigenvalue weighted by Gasteiger charge is 2.16. The summed E-state index contributed by atoms with van der Waals surface area (Å²) in [6.07, 6.45) is 2.66. The molecule has 84 valence electrons. The summed E-state index contributed by atoms with van der Waals surface area (Å²) in [6, 6.07) is 2.02. The van der Waals surface area contributed by atoms with Crippen LogP contribution in [0.15, 0.2) is 6.07 Å². The molecule has 1 heterocycles. The van der Waals surface area contributed by atoms with Crippen LogP contribution in [0.25, 0.3) is 0 Å². The Morgan fingerprint density at radius 1 is 1.47 bits per heavy atom. The standard InChI is InChI=1S/C11H20N4/c1-4-8-7-9(5-2)15(14-8)10(6-3)11(12)13/h7,10H,4-6H2,1-3H3,(H3,12,13). The fourth-order valence-electron chi connectivity index (χ4n) is 1.72. The number of aromatic nitrogens is 2. The van der Waals surface area contributed by atoms with E-state index in [1.807, 2.05) is 11.6 Å². The maximum absolute atomic E-state index is 7.54. The molecule has 0 radical (unpaired) electrons. The molecular formula is C11H20N4. The molecule has 1 atom stereocenters. The van der Waals surface area contributed by atoms with E-state index in [0.29, 0.717) is 0 Å². The Morgan fingerprint density at radius 3 is 2.53 bits per heavy atom. The van der Waals surface area contributed by atoms with Crippen molar-refractivity contribution in [2.45, 2.75) is 46.1 Å². The van der Waals surface area contributed by atoms with Crippen LogP contribution in [-0.2, 0) is 12.8 Å². The molecule has 0 spiro atoms. The van der Waals surface area contributed by atoms with Crippen LogP contribution >= 0.6 is 0 Å². The Bertz CT molecular complexity index is 340. The van der Waals surface area contributed by atoms with Crippen LogP contribution < -0.4 is 5.73 Å². The molecule has 0 aliphatic heterocycles. The van der Waals surface area contributed by atoms with Crippen LogP contribution in [0.2, 0.25) is 0 Å². The number of aryl methyl sites for hydroxylation is 2. The van der Waals surface area contributed by atoms with E-state index < -0.39 is 0 Å². The summed E-state index contributed by atoms with van der Waals surface area (Å²) in [4.78, 5) is 0. The Balaban J connectivity index is 3.09. The first kappa shape index (κ1) is 11.8. The normalized spacial score (nSPS) is 12.7. The molecule has 0 bridgehead atoms. The van der Waals surface area contributed by atoms with Gasteiger partial charge in [0.1, 0.15) is 11.9 Å². The molecule has 15 heavy (non-hydrogen) atoms. The Labute approximate surface area is 91.0 Å². The molecule has 0 saturated carbocycles. The summed E-state index contributed by atoms with van der Waals surface area (Å²) in [6.45, 7) is 6.21. The number of rotatable bonds is 5. The average molecular weight is 208 g/mol. The van der Waals surface area contributed by atoms with E-state index >= 15 is 0 Å². The van der Waals surface area contributed by atoms with E-state index in [1.165, 1.54) is 0 Å². The van der Waals surface area contributed by atoms with E-state index in [-0.39, 0.29) is 11.9 Å². The number of amidine groups is 1. The highest BCUT2D eigenvalue weighted by Crippen LogP contribution is 2.16. The monoisotopic (exact) mass is 208 g/mol. The summed E-state index contributed by atoms with van der Waals surface area (Å²) in [5, 5.41) is 12.0. The van der Waals surface area contributed by atoms with Crippen molar-refractivity contribution in [1.82, 2.24) is 9.78 Å². The predicted octanol–water partition coefficient (Wildman–Crippen LogP) is 1.89. The summed E-state index contributed by atoms with van der Waals surface area (Å²) in [5.41, 5.74) is 7.81. The summed E-state index contributed by atoms with van der Waals surface area (Å²) in [5.74, 6) is 0.193. The van der Waals surface area contributed by atoms with Gasteiger partial charge in [0.15, 0.2) is 0 Å². The van der Waals surface area contributed by atoms with Crippen molar-refractivity contribution in [1.29, 1.82) is 5.41 Å². The fourth-order valence-corrected chi connectivity index (χ4v) is 1.72. The molecule has 4 heteroatoms. The maximum atomic E-state index is 7.54. The first-order chi connectivity index (χ1) is 7.13. The molecule has 0 aliphatic carbocycles. The molecule has 1 aromatic rings. The van der Waals surface area contributed by atoms with Gasteiger partial charge in [0.05, 0.1) is 5.69 Å². The van der Waals surface area contributed by atoms with Crippen molar-refractivity contribution in [3.05, 3.63) is 17.5 Å². The van der Waals surface area contributed by atoms with Gasteiger partial charge in [-0.15, -0.1) is 0 Å². The first-order valence-corrected chi connectivity index (χ1v) is 5.55. The van der Waals surface area contributed by atoms with Crippen LogP contribution in [0.3, 0.4) is 0 Å². The van der Waals surface area contributed by atoms with Crippen molar-refractivity contribution in [3.63, 3.8) is 0 Å². The van der Waals surface area contributed by atoms with Crippen molar-refractivity contribution in [2.24, 2.45) is 5.73 Å². The SMILES string of the molecule is CCc1cc(CC)n(C(CC)C(=N)N)n1. The van der Waals surface area contributed by atoms with Crippen LogP contribution in [0.5, 0.6) is 0 Å². The molecule has 1 rings (SSSR count). The van der Waals surface area contributed by atoms with Gasteiger partial charge in [0, 0.05) is 5.69 Å². The van der Waals surface area contributed by atoms with Crippen LogP contribution in [0, 0.1) is 5.41 Å². The van der Waals surface area contributed by atoms with Gasteiger partial charge < -0.3 is 5.73 Å². The lowest BCUT2D eigenvalue weighted by atomic mass is 10.2. The second kappa shape index (κ2) is 4.96. The third-order valence-electron chi connectivity index (χ3n) is 2.63. The Morgan fingerprint density at radius 2 is 2.13 bits per heavy atom.